The van der Waals surface area contributed by atoms with Crippen LogP contribution >= 0.6 is 0 Å². The molecule has 1 aromatic heterocycles. The molecule has 2 aromatic rings. The fourth-order valence-corrected chi connectivity index (χ4v) is 2.78. The Kier molecular flexibility index (Phi) is 3.37. The van der Waals surface area contributed by atoms with Crippen molar-refractivity contribution in [2.45, 2.75) is 25.7 Å². The number of halogens is 1. The second kappa shape index (κ2) is 5.20. The van der Waals surface area contributed by atoms with Crippen LogP contribution in [0.1, 0.15) is 36.2 Å². The minimum absolute atomic E-state index is 0.0794. The van der Waals surface area contributed by atoms with Crippen LogP contribution in [0, 0.1) is 11.7 Å². The molecular formula is C15H15FN2O3. The zero-order chi connectivity index (χ0) is 15.0. The first-order chi connectivity index (χ1) is 10.1. The van der Waals surface area contributed by atoms with E-state index in [0.717, 1.165) is 25.7 Å². The second-order valence-electron chi connectivity index (χ2n) is 5.28. The summed E-state index contributed by atoms with van der Waals surface area (Å²) in [6.07, 6.45) is 3.67. The standard InChI is InChI=1S/C15H15FN2O3/c16-9-5-6-11-10(7-9)12(13(21-11)14(17)19)18-15(20)8-3-1-2-4-8/h5-8H,1-4H2,(H2,17,19)(H,18,20). The van der Waals surface area contributed by atoms with E-state index in [-0.39, 0.29) is 23.3 Å². The number of nitrogens with one attached hydrogen (secondary N) is 1. The van der Waals surface area contributed by atoms with Gasteiger partial charge in [-0.2, -0.15) is 0 Å². The van der Waals surface area contributed by atoms with Crippen molar-refractivity contribution >= 4 is 28.5 Å². The van der Waals surface area contributed by atoms with Gasteiger partial charge >= 0.3 is 0 Å². The lowest BCUT2D eigenvalue weighted by Crippen LogP contribution is -2.22. The van der Waals surface area contributed by atoms with Crippen molar-refractivity contribution in [3.8, 4) is 0 Å². The molecular weight excluding hydrogens is 275 g/mol. The van der Waals surface area contributed by atoms with Crippen molar-refractivity contribution in [2.75, 3.05) is 5.32 Å². The highest BCUT2D eigenvalue weighted by atomic mass is 19.1. The molecule has 5 nitrogen and oxygen atoms in total. The Bertz CT molecular complexity index is 717. The molecule has 0 saturated heterocycles. The quantitative estimate of drug-likeness (QED) is 0.911. The topological polar surface area (TPSA) is 85.3 Å². The van der Waals surface area contributed by atoms with Gasteiger partial charge in [0.05, 0.1) is 0 Å². The normalized spacial score (nSPS) is 15.5. The zero-order valence-corrected chi connectivity index (χ0v) is 11.3. The molecule has 2 amide bonds. The molecule has 3 N–H and O–H groups in total. The van der Waals surface area contributed by atoms with Gasteiger partial charge in [-0.05, 0) is 31.0 Å². The summed E-state index contributed by atoms with van der Waals surface area (Å²) >= 11 is 0. The summed E-state index contributed by atoms with van der Waals surface area (Å²) in [4.78, 5) is 23.7. The smallest absolute Gasteiger partial charge is 0.286 e. The summed E-state index contributed by atoms with van der Waals surface area (Å²) in [7, 11) is 0. The molecule has 21 heavy (non-hydrogen) atoms. The van der Waals surface area contributed by atoms with Crippen LogP contribution < -0.4 is 11.1 Å². The van der Waals surface area contributed by atoms with Gasteiger partial charge in [0.25, 0.3) is 5.91 Å². The minimum atomic E-state index is -0.798. The molecule has 1 fully saturated rings. The van der Waals surface area contributed by atoms with Crippen molar-refractivity contribution in [3.05, 3.63) is 29.8 Å². The number of hydrogen-bond acceptors (Lipinski definition) is 3. The first kappa shape index (κ1) is 13.6. The number of rotatable bonds is 3. The number of carbonyl (C=O) groups excluding carboxylic acids is 2. The number of amides is 2. The average Bonchev–Trinajstić information content (AvgIpc) is 3.07. The molecule has 110 valence electrons. The summed E-state index contributed by atoms with van der Waals surface area (Å²) < 4.78 is 18.7. The fourth-order valence-electron chi connectivity index (χ4n) is 2.78. The number of furan rings is 1. The lowest BCUT2D eigenvalue weighted by molar-refractivity contribution is -0.119. The van der Waals surface area contributed by atoms with Crippen LogP contribution in [0.4, 0.5) is 10.1 Å². The van der Waals surface area contributed by atoms with E-state index in [1.165, 1.54) is 18.2 Å². The molecule has 1 aromatic carbocycles. The predicted octanol–water partition coefficient (Wildman–Crippen LogP) is 2.80. The molecule has 1 saturated carbocycles. The van der Waals surface area contributed by atoms with Crippen LogP contribution in [0.15, 0.2) is 22.6 Å². The lowest BCUT2D eigenvalue weighted by atomic mass is 10.1. The minimum Gasteiger partial charge on any atom is -0.449 e. The van der Waals surface area contributed by atoms with Crippen molar-refractivity contribution in [1.82, 2.24) is 0 Å². The number of carbonyl (C=O) groups is 2. The van der Waals surface area contributed by atoms with E-state index >= 15 is 0 Å². The Morgan fingerprint density at radius 1 is 1.29 bits per heavy atom. The van der Waals surface area contributed by atoms with Crippen LogP contribution in [-0.2, 0) is 4.79 Å². The molecule has 0 radical (unpaired) electrons. The third-order valence-electron chi connectivity index (χ3n) is 3.85. The number of hydrogen-bond donors (Lipinski definition) is 2. The van der Waals surface area contributed by atoms with Crippen molar-refractivity contribution in [2.24, 2.45) is 11.7 Å². The van der Waals surface area contributed by atoms with E-state index in [0.29, 0.717) is 11.0 Å². The van der Waals surface area contributed by atoms with Gasteiger partial charge in [-0.3, -0.25) is 9.59 Å². The van der Waals surface area contributed by atoms with Gasteiger partial charge < -0.3 is 15.5 Å². The third-order valence-corrected chi connectivity index (χ3v) is 3.85. The monoisotopic (exact) mass is 290 g/mol. The Morgan fingerprint density at radius 2 is 2.00 bits per heavy atom. The molecule has 0 atom stereocenters. The first-order valence-corrected chi connectivity index (χ1v) is 6.89. The Hall–Kier alpha value is -2.37. The van der Waals surface area contributed by atoms with Gasteiger partial charge in [-0.1, -0.05) is 12.8 Å². The van der Waals surface area contributed by atoms with Crippen LogP contribution in [0.5, 0.6) is 0 Å². The maximum Gasteiger partial charge on any atom is 0.286 e. The van der Waals surface area contributed by atoms with E-state index in [9.17, 15) is 14.0 Å². The van der Waals surface area contributed by atoms with Gasteiger partial charge in [0, 0.05) is 11.3 Å². The van der Waals surface area contributed by atoms with Gasteiger partial charge in [-0.25, -0.2) is 4.39 Å². The predicted molar refractivity (Wildman–Crippen MR) is 75.3 cm³/mol. The summed E-state index contributed by atoms with van der Waals surface area (Å²) in [5, 5.41) is 3.03. The Labute approximate surface area is 120 Å². The maximum absolute atomic E-state index is 13.4. The highest BCUT2D eigenvalue weighted by Gasteiger charge is 2.26. The second-order valence-corrected chi connectivity index (χ2v) is 5.28. The molecule has 0 aliphatic heterocycles. The molecule has 1 aliphatic rings. The largest absolute Gasteiger partial charge is 0.449 e. The summed E-state index contributed by atoms with van der Waals surface area (Å²) in [6.45, 7) is 0. The Morgan fingerprint density at radius 3 is 2.67 bits per heavy atom. The van der Waals surface area contributed by atoms with E-state index in [4.69, 9.17) is 10.2 Å². The summed E-state index contributed by atoms with van der Waals surface area (Å²) in [5.74, 6) is -1.68. The molecule has 0 unspecified atom stereocenters. The third kappa shape index (κ3) is 2.49. The number of anilines is 1. The zero-order valence-electron chi connectivity index (χ0n) is 11.3. The molecule has 3 rings (SSSR count). The Balaban J connectivity index is 2.02. The van der Waals surface area contributed by atoms with Gasteiger partial charge in [0.15, 0.2) is 0 Å². The average molecular weight is 290 g/mol. The maximum atomic E-state index is 13.4. The lowest BCUT2D eigenvalue weighted by Gasteiger charge is -2.10. The number of nitrogens with two attached hydrogens (primary N) is 1. The number of benzene rings is 1. The van der Waals surface area contributed by atoms with Crippen molar-refractivity contribution in [3.63, 3.8) is 0 Å². The molecule has 1 aliphatic carbocycles. The molecule has 0 bridgehead atoms. The van der Waals surface area contributed by atoms with Crippen molar-refractivity contribution < 1.29 is 18.4 Å². The van der Waals surface area contributed by atoms with E-state index in [1.54, 1.807) is 0 Å². The van der Waals surface area contributed by atoms with Gasteiger partial charge in [-0.15, -0.1) is 0 Å². The number of fused-ring (bicyclic) bond motifs is 1. The van der Waals surface area contributed by atoms with Crippen molar-refractivity contribution in [1.29, 1.82) is 0 Å². The van der Waals surface area contributed by atoms with Crippen LogP contribution in [-0.4, -0.2) is 11.8 Å². The molecule has 6 heteroatoms. The van der Waals surface area contributed by atoms with E-state index in [1.807, 2.05) is 0 Å². The number of primary amides is 1. The highest BCUT2D eigenvalue weighted by Crippen LogP contribution is 2.33. The first-order valence-electron chi connectivity index (χ1n) is 6.89. The summed E-state index contributed by atoms with van der Waals surface area (Å²) in [5.41, 5.74) is 5.74. The highest BCUT2D eigenvalue weighted by molar-refractivity contribution is 6.10. The SMILES string of the molecule is NC(=O)c1oc2ccc(F)cc2c1NC(=O)C1CCCC1. The summed E-state index contributed by atoms with van der Waals surface area (Å²) in [6, 6.07) is 3.84. The van der Waals surface area contributed by atoms with Crippen LogP contribution in [0.3, 0.4) is 0 Å². The molecule has 0 spiro atoms. The van der Waals surface area contributed by atoms with E-state index < -0.39 is 11.7 Å². The van der Waals surface area contributed by atoms with E-state index in [2.05, 4.69) is 5.32 Å². The van der Waals surface area contributed by atoms with Crippen LogP contribution in [0.2, 0.25) is 0 Å². The van der Waals surface area contributed by atoms with Gasteiger partial charge in [0.2, 0.25) is 11.7 Å². The molecule has 1 heterocycles. The van der Waals surface area contributed by atoms with Gasteiger partial charge in [0.1, 0.15) is 17.1 Å². The van der Waals surface area contributed by atoms with Crippen LogP contribution in [0.25, 0.3) is 11.0 Å². The fraction of sp³-hybridized carbons (Fsp3) is 0.333.